The van der Waals surface area contributed by atoms with E-state index in [1.54, 1.807) is 0 Å². The minimum atomic E-state index is -0.242. The van der Waals surface area contributed by atoms with E-state index < -0.39 is 0 Å². The molecule has 1 fully saturated rings. The lowest BCUT2D eigenvalue weighted by Crippen LogP contribution is -2.37. The number of aliphatic hydroxyl groups is 1. The second kappa shape index (κ2) is 7.70. The highest BCUT2D eigenvalue weighted by Crippen LogP contribution is 2.07. The van der Waals surface area contributed by atoms with Gasteiger partial charge in [-0.15, -0.1) is 12.3 Å². The molecule has 1 rings (SSSR count). The zero-order valence-corrected chi connectivity index (χ0v) is 9.41. The van der Waals surface area contributed by atoms with Crippen LogP contribution in [0.5, 0.6) is 0 Å². The molecular formula is C12H22N2O. The number of aliphatic hydroxyl groups excluding tert-OH is 1. The summed E-state index contributed by atoms with van der Waals surface area (Å²) in [6, 6.07) is 0. The highest BCUT2D eigenvalue weighted by molar-refractivity contribution is 4.83. The van der Waals surface area contributed by atoms with Crippen LogP contribution in [0.1, 0.15) is 25.7 Å². The van der Waals surface area contributed by atoms with Crippen molar-refractivity contribution in [3.63, 3.8) is 0 Å². The third kappa shape index (κ3) is 5.78. The van der Waals surface area contributed by atoms with Crippen LogP contribution in [0.2, 0.25) is 0 Å². The fraction of sp³-hybridized carbons (Fsp3) is 0.833. The maximum absolute atomic E-state index is 9.72. The topological polar surface area (TPSA) is 35.5 Å². The van der Waals surface area contributed by atoms with Crippen molar-refractivity contribution in [1.29, 1.82) is 0 Å². The van der Waals surface area contributed by atoms with E-state index in [0.29, 0.717) is 6.54 Å². The van der Waals surface area contributed by atoms with Crippen molar-refractivity contribution >= 4 is 0 Å². The number of terminal acetylenes is 1. The Bertz CT molecular complexity index is 194. The standard InChI is InChI=1S/C12H22N2O/c1-2-3-4-7-13-10-12(15)11-14-8-5-6-9-14/h1,12-13,15H,3-11H2. The minimum Gasteiger partial charge on any atom is -0.390 e. The summed E-state index contributed by atoms with van der Waals surface area (Å²) in [7, 11) is 0. The number of hydrogen-bond acceptors (Lipinski definition) is 3. The second-order valence-corrected chi connectivity index (χ2v) is 4.17. The fourth-order valence-corrected chi connectivity index (χ4v) is 1.91. The maximum Gasteiger partial charge on any atom is 0.0791 e. The van der Waals surface area contributed by atoms with Gasteiger partial charge in [-0.3, -0.25) is 0 Å². The van der Waals surface area contributed by atoms with E-state index in [2.05, 4.69) is 16.1 Å². The number of hydrogen-bond donors (Lipinski definition) is 2. The molecule has 1 aliphatic rings. The van der Waals surface area contributed by atoms with E-state index in [1.807, 2.05) is 0 Å². The molecule has 1 saturated heterocycles. The van der Waals surface area contributed by atoms with Gasteiger partial charge >= 0.3 is 0 Å². The molecule has 1 aliphatic heterocycles. The van der Waals surface area contributed by atoms with Gasteiger partial charge in [0.2, 0.25) is 0 Å². The van der Waals surface area contributed by atoms with Gasteiger partial charge in [0.15, 0.2) is 0 Å². The van der Waals surface area contributed by atoms with Gasteiger partial charge in [0.05, 0.1) is 6.10 Å². The highest BCUT2D eigenvalue weighted by Gasteiger charge is 2.14. The third-order valence-electron chi connectivity index (χ3n) is 2.72. The average molecular weight is 210 g/mol. The highest BCUT2D eigenvalue weighted by atomic mass is 16.3. The Morgan fingerprint density at radius 2 is 2.13 bits per heavy atom. The van der Waals surface area contributed by atoms with Crippen LogP contribution in [0.3, 0.4) is 0 Å². The van der Waals surface area contributed by atoms with E-state index in [9.17, 15) is 5.11 Å². The Labute approximate surface area is 92.9 Å². The summed E-state index contributed by atoms with van der Waals surface area (Å²) >= 11 is 0. The van der Waals surface area contributed by atoms with Crippen LogP contribution < -0.4 is 5.32 Å². The summed E-state index contributed by atoms with van der Waals surface area (Å²) in [6.07, 6.45) is 9.27. The molecule has 0 aromatic heterocycles. The van der Waals surface area contributed by atoms with Gasteiger partial charge in [0, 0.05) is 19.5 Å². The van der Waals surface area contributed by atoms with E-state index >= 15 is 0 Å². The molecule has 86 valence electrons. The van der Waals surface area contributed by atoms with Gasteiger partial charge in [-0.25, -0.2) is 0 Å². The molecule has 0 aliphatic carbocycles. The van der Waals surface area contributed by atoms with Gasteiger partial charge in [-0.2, -0.15) is 0 Å². The van der Waals surface area contributed by atoms with Crippen molar-refractivity contribution in [2.75, 3.05) is 32.7 Å². The van der Waals surface area contributed by atoms with Gasteiger partial charge in [0.25, 0.3) is 0 Å². The molecule has 0 radical (unpaired) electrons. The predicted molar refractivity (Wildman–Crippen MR) is 62.6 cm³/mol. The van der Waals surface area contributed by atoms with E-state index in [1.165, 1.54) is 12.8 Å². The molecular weight excluding hydrogens is 188 g/mol. The smallest absolute Gasteiger partial charge is 0.0791 e. The van der Waals surface area contributed by atoms with Gasteiger partial charge in [0.1, 0.15) is 0 Å². The quantitative estimate of drug-likeness (QED) is 0.473. The van der Waals surface area contributed by atoms with Crippen LogP contribution in [-0.2, 0) is 0 Å². The van der Waals surface area contributed by atoms with Gasteiger partial charge in [-0.05, 0) is 38.9 Å². The molecule has 3 heteroatoms. The largest absolute Gasteiger partial charge is 0.390 e. The maximum atomic E-state index is 9.72. The van der Waals surface area contributed by atoms with E-state index in [0.717, 1.165) is 39.0 Å². The Balaban J connectivity index is 1.93. The Morgan fingerprint density at radius 1 is 1.40 bits per heavy atom. The van der Waals surface area contributed by atoms with E-state index in [4.69, 9.17) is 6.42 Å². The zero-order valence-electron chi connectivity index (χ0n) is 9.41. The lowest BCUT2D eigenvalue weighted by Gasteiger charge is -2.19. The van der Waals surface area contributed by atoms with Crippen molar-refractivity contribution in [2.45, 2.75) is 31.8 Å². The Morgan fingerprint density at radius 3 is 2.80 bits per heavy atom. The summed E-state index contributed by atoms with van der Waals surface area (Å²) in [4.78, 5) is 2.33. The molecule has 0 aromatic carbocycles. The minimum absolute atomic E-state index is 0.242. The zero-order chi connectivity index (χ0) is 10.9. The van der Waals surface area contributed by atoms with Crippen molar-refractivity contribution in [3.05, 3.63) is 0 Å². The second-order valence-electron chi connectivity index (χ2n) is 4.17. The number of β-amino-alcohol motifs (C(OH)–C–C–N with tert-alkyl or cyclic N) is 1. The van der Waals surface area contributed by atoms with Gasteiger partial charge in [-0.1, -0.05) is 0 Å². The number of rotatable bonds is 7. The molecule has 1 unspecified atom stereocenters. The van der Waals surface area contributed by atoms with Crippen LogP contribution >= 0.6 is 0 Å². The monoisotopic (exact) mass is 210 g/mol. The summed E-state index contributed by atoms with van der Waals surface area (Å²) < 4.78 is 0. The van der Waals surface area contributed by atoms with Crippen LogP contribution in [-0.4, -0.2) is 48.8 Å². The molecule has 0 bridgehead atoms. The Hall–Kier alpha value is -0.560. The first-order chi connectivity index (χ1) is 7.33. The van der Waals surface area contributed by atoms with Crippen LogP contribution in [0.25, 0.3) is 0 Å². The summed E-state index contributed by atoms with van der Waals surface area (Å²) in [6.45, 7) is 4.69. The van der Waals surface area contributed by atoms with E-state index in [-0.39, 0.29) is 6.10 Å². The molecule has 2 N–H and O–H groups in total. The molecule has 0 amide bonds. The SMILES string of the molecule is C#CCCCNCC(O)CN1CCCC1. The van der Waals surface area contributed by atoms with Crippen molar-refractivity contribution < 1.29 is 5.11 Å². The molecule has 0 spiro atoms. The van der Waals surface area contributed by atoms with Gasteiger partial charge < -0.3 is 15.3 Å². The lowest BCUT2D eigenvalue weighted by atomic mass is 10.3. The average Bonchev–Trinajstić information content (AvgIpc) is 2.70. The van der Waals surface area contributed by atoms with Crippen molar-refractivity contribution in [2.24, 2.45) is 0 Å². The summed E-state index contributed by atoms with van der Waals surface area (Å²) in [5, 5.41) is 12.9. The molecule has 0 saturated carbocycles. The first-order valence-electron chi connectivity index (χ1n) is 5.87. The molecule has 0 aromatic rings. The lowest BCUT2D eigenvalue weighted by molar-refractivity contribution is 0.123. The number of nitrogens with one attached hydrogen (secondary N) is 1. The van der Waals surface area contributed by atoms with Crippen LogP contribution in [0.15, 0.2) is 0 Å². The molecule has 1 heterocycles. The molecule has 15 heavy (non-hydrogen) atoms. The normalized spacial score (nSPS) is 18.9. The van der Waals surface area contributed by atoms with Crippen LogP contribution in [0.4, 0.5) is 0 Å². The van der Waals surface area contributed by atoms with Crippen LogP contribution in [0, 0.1) is 12.3 Å². The molecule has 3 nitrogen and oxygen atoms in total. The first kappa shape index (κ1) is 12.5. The fourth-order valence-electron chi connectivity index (χ4n) is 1.91. The first-order valence-corrected chi connectivity index (χ1v) is 5.87. The summed E-state index contributed by atoms with van der Waals surface area (Å²) in [5.41, 5.74) is 0. The number of likely N-dealkylation sites (tertiary alicyclic amines) is 1. The number of unbranched alkanes of at least 4 members (excludes halogenated alkanes) is 1. The third-order valence-corrected chi connectivity index (χ3v) is 2.72. The van der Waals surface area contributed by atoms with Crippen molar-refractivity contribution in [3.8, 4) is 12.3 Å². The Kier molecular flexibility index (Phi) is 6.42. The molecule has 1 atom stereocenters. The number of nitrogens with zero attached hydrogens (tertiary/aromatic N) is 1. The summed E-state index contributed by atoms with van der Waals surface area (Å²) in [5.74, 6) is 2.60. The predicted octanol–water partition coefficient (Wildman–Crippen LogP) is 0.446. The van der Waals surface area contributed by atoms with Crippen molar-refractivity contribution in [1.82, 2.24) is 10.2 Å².